The fourth-order valence-corrected chi connectivity index (χ4v) is 4.34. The fraction of sp³-hybridized carbons (Fsp3) is 0.412. The van der Waals surface area contributed by atoms with Gasteiger partial charge in [-0.3, -0.25) is 4.98 Å². The summed E-state index contributed by atoms with van der Waals surface area (Å²) in [4.78, 5) is 10.1. The van der Waals surface area contributed by atoms with E-state index in [-0.39, 0.29) is 24.8 Å². The third-order valence-electron chi connectivity index (χ3n) is 4.19. The summed E-state index contributed by atoms with van der Waals surface area (Å²) >= 11 is 0. The van der Waals surface area contributed by atoms with Crippen LogP contribution in [0.15, 0.2) is 30.6 Å². The average Bonchev–Trinajstić information content (AvgIpc) is 3.07. The van der Waals surface area contributed by atoms with E-state index < -0.39 is 27.4 Å². The zero-order valence-corrected chi connectivity index (χ0v) is 15.8. The highest BCUT2D eigenvalue weighted by molar-refractivity contribution is 7.88. The van der Waals surface area contributed by atoms with Crippen LogP contribution < -0.4 is 9.64 Å². The first-order valence-electron chi connectivity index (χ1n) is 8.32. The molecule has 1 atom stereocenters. The van der Waals surface area contributed by atoms with Gasteiger partial charge in [0, 0.05) is 26.2 Å². The molecule has 0 N–H and O–H groups in total. The Hall–Kier alpha value is -2.33. The maximum absolute atomic E-state index is 13.8. The summed E-state index contributed by atoms with van der Waals surface area (Å²) in [6.45, 7) is 0.359. The number of nitrogens with zero attached hydrogens (tertiary/aromatic N) is 4. The maximum atomic E-state index is 13.8. The number of hydrogen-bond donors (Lipinski definition) is 0. The third kappa shape index (κ3) is 4.69. The molecule has 1 unspecified atom stereocenters. The second-order valence-electron chi connectivity index (χ2n) is 6.49. The van der Waals surface area contributed by atoms with E-state index in [9.17, 15) is 17.2 Å². The van der Waals surface area contributed by atoms with E-state index >= 15 is 0 Å². The molecule has 0 spiro atoms. The summed E-state index contributed by atoms with van der Waals surface area (Å²) in [5.41, 5.74) is -0.191. The molecule has 1 aliphatic rings. The zero-order valence-electron chi connectivity index (χ0n) is 15.0. The van der Waals surface area contributed by atoms with Gasteiger partial charge in [0.1, 0.15) is 17.7 Å². The lowest BCUT2D eigenvalue weighted by molar-refractivity contribution is 0.206. The van der Waals surface area contributed by atoms with Crippen molar-refractivity contribution in [1.82, 2.24) is 14.3 Å². The van der Waals surface area contributed by atoms with Crippen LogP contribution in [0.5, 0.6) is 5.88 Å². The summed E-state index contributed by atoms with van der Waals surface area (Å²) in [6, 6.07) is 2.78. The summed E-state index contributed by atoms with van der Waals surface area (Å²) in [6.07, 6.45) is 3.14. The van der Waals surface area contributed by atoms with Crippen LogP contribution in [0.4, 0.5) is 14.6 Å². The highest BCUT2D eigenvalue weighted by Crippen LogP contribution is 2.23. The van der Waals surface area contributed by atoms with E-state index in [0.29, 0.717) is 18.1 Å². The van der Waals surface area contributed by atoms with Crippen LogP contribution in [0.2, 0.25) is 0 Å². The minimum Gasteiger partial charge on any atom is -0.472 e. The van der Waals surface area contributed by atoms with Gasteiger partial charge in [0.05, 0.1) is 24.7 Å². The van der Waals surface area contributed by atoms with Crippen molar-refractivity contribution in [3.05, 3.63) is 47.8 Å². The normalized spacial score (nSPS) is 17.9. The van der Waals surface area contributed by atoms with Crippen molar-refractivity contribution in [1.29, 1.82) is 0 Å². The Labute approximate surface area is 156 Å². The van der Waals surface area contributed by atoms with Crippen LogP contribution in [0.1, 0.15) is 12.0 Å². The number of aromatic nitrogens is 2. The molecule has 0 saturated carbocycles. The van der Waals surface area contributed by atoms with Gasteiger partial charge in [-0.05, 0) is 24.6 Å². The quantitative estimate of drug-likeness (QED) is 0.739. The lowest BCUT2D eigenvalue weighted by Crippen LogP contribution is -2.32. The van der Waals surface area contributed by atoms with Gasteiger partial charge in [0.25, 0.3) is 0 Å². The van der Waals surface area contributed by atoms with Crippen molar-refractivity contribution in [3.8, 4) is 5.88 Å². The predicted molar refractivity (Wildman–Crippen MR) is 95.9 cm³/mol. The Kier molecular flexibility index (Phi) is 5.56. The molecule has 0 amide bonds. The monoisotopic (exact) mass is 398 g/mol. The van der Waals surface area contributed by atoms with Gasteiger partial charge in [0.2, 0.25) is 15.9 Å². The lowest BCUT2D eigenvalue weighted by atomic mass is 10.2. The molecule has 1 aliphatic heterocycles. The minimum atomic E-state index is -3.80. The number of benzene rings is 1. The van der Waals surface area contributed by atoms with Crippen molar-refractivity contribution in [2.45, 2.75) is 18.3 Å². The largest absolute Gasteiger partial charge is 0.472 e. The predicted octanol–water partition coefficient (Wildman–Crippen LogP) is 1.80. The van der Waals surface area contributed by atoms with Gasteiger partial charge < -0.3 is 9.64 Å². The highest BCUT2D eigenvalue weighted by atomic mass is 32.2. The molecule has 27 heavy (non-hydrogen) atoms. The Morgan fingerprint density at radius 3 is 2.81 bits per heavy atom. The number of rotatable bonds is 6. The van der Waals surface area contributed by atoms with E-state index in [1.807, 2.05) is 14.1 Å². The van der Waals surface area contributed by atoms with E-state index in [0.717, 1.165) is 18.2 Å². The lowest BCUT2D eigenvalue weighted by Gasteiger charge is -2.18. The Morgan fingerprint density at radius 1 is 1.30 bits per heavy atom. The Balaban J connectivity index is 1.66. The Bertz CT molecular complexity index is 924. The van der Waals surface area contributed by atoms with Crippen LogP contribution in [0.25, 0.3) is 0 Å². The molecule has 146 valence electrons. The summed E-state index contributed by atoms with van der Waals surface area (Å²) in [5, 5.41) is 0. The highest BCUT2D eigenvalue weighted by Gasteiger charge is 2.33. The first-order valence-corrected chi connectivity index (χ1v) is 9.93. The van der Waals surface area contributed by atoms with Crippen molar-refractivity contribution >= 4 is 15.8 Å². The fourth-order valence-electron chi connectivity index (χ4n) is 2.77. The topological polar surface area (TPSA) is 75.6 Å². The number of anilines is 1. The maximum Gasteiger partial charge on any atom is 0.234 e. The van der Waals surface area contributed by atoms with E-state index in [4.69, 9.17) is 4.74 Å². The average molecular weight is 398 g/mol. The molecular weight excluding hydrogens is 378 g/mol. The van der Waals surface area contributed by atoms with Crippen LogP contribution in [-0.4, -0.2) is 56.0 Å². The molecule has 0 radical (unpaired) electrons. The smallest absolute Gasteiger partial charge is 0.234 e. The van der Waals surface area contributed by atoms with Gasteiger partial charge in [-0.1, -0.05) is 0 Å². The number of halogens is 2. The number of hydrogen-bond acceptors (Lipinski definition) is 6. The number of sulfonamides is 1. The molecule has 0 aliphatic carbocycles. The molecule has 1 aromatic carbocycles. The minimum absolute atomic E-state index is 0.118. The van der Waals surface area contributed by atoms with Crippen LogP contribution >= 0.6 is 0 Å². The second-order valence-corrected chi connectivity index (χ2v) is 8.46. The van der Waals surface area contributed by atoms with E-state index in [1.165, 1.54) is 10.5 Å². The SMILES string of the molecule is CN(C)c1cncc(OC2CCN(S(=O)(=O)Cc3cc(F)ccc3F)C2)n1. The van der Waals surface area contributed by atoms with Crippen molar-refractivity contribution in [2.75, 3.05) is 32.1 Å². The van der Waals surface area contributed by atoms with Gasteiger partial charge in [-0.2, -0.15) is 9.29 Å². The van der Waals surface area contributed by atoms with Gasteiger partial charge in [-0.15, -0.1) is 0 Å². The molecule has 7 nitrogen and oxygen atoms in total. The molecule has 2 heterocycles. The van der Waals surface area contributed by atoms with Gasteiger partial charge >= 0.3 is 0 Å². The molecule has 10 heteroatoms. The van der Waals surface area contributed by atoms with Gasteiger partial charge in [-0.25, -0.2) is 17.2 Å². The van der Waals surface area contributed by atoms with Crippen molar-refractivity contribution in [3.63, 3.8) is 0 Å². The summed E-state index contributed by atoms with van der Waals surface area (Å²) in [7, 11) is -0.151. The second kappa shape index (κ2) is 7.73. The molecule has 2 aromatic rings. The molecule has 1 fully saturated rings. The van der Waals surface area contributed by atoms with Crippen molar-refractivity contribution < 1.29 is 21.9 Å². The first-order chi connectivity index (χ1) is 12.7. The Morgan fingerprint density at radius 2 is 2.07 bits per heavy atom. The first kappa shape index (κ1) is 19.4. The molecule has 1 saturated heterocycles. The zero-order chi connectivity index (χ0) is 19.6. The van der Waals surface area contributed by atoms with Crippen LogP contribution in [0.3, 0.4) is 0 Å². The van der Waals surface area contributed by atoms with Gasteiger partial charge in [0.15, 0.2) is 5.82 Å². The van der Waals surface area contributed by atoms with Crippen molar-refractivity contribution in [2.24, 2.45) is 0 Å². The molecular formula is C17H20F2N4O3S. The van der Waals surface area contributed by atoms with E-state index in [1.54, 1.807) is 11.1 Å². The van der Waals surface area contributed by atoms with Crippen LogP contribution in [0, 0.1) is 11.6 Å². The number of ether oxygens (including phenoxy) is 1. The molecule has 0 bridgehead atoms. The standard InChI is InChI=1S/C17H20F2N4O3S/c1-22(2)16-8-20-9-17(21-16)26-14-5-6-23(10-14)27(24,25)11-12-7-13(18)3-4-15(12)19/h3-4,7-9,14H,5-6,10-11H2,1-2H3. The van der Waals surface area contributed by atoms with Crippen LogP contribution in [-0.2, 0) is 15.8 Å². The third-order valence-corrected chi connectivity index (χ3v) is 5.99. The summed E-state index contributed by atoms with van der Waals surface area (Å²) in [5.74, 6) is -1.09. The molecule has 3 rings (SSSR count). The summed E-state index contributed by atoms with van der Waals surface area (Å²) < 4.78 is 59.1. The van der Waals surface area contributed by atoms with E-state index in [2.05, 4.69) is 9.97 Å². The molecule has 1 aromatic heterocycles.